The number of rotatable bonds is 5. The molecule has 0 aliphatic carbocycles. The molecule has 6 heteroatoms. The Balaban J connectivity index is 2.76. The van der Waals surface area contributed by atoms with Gasteiger partial charge in [0, 0.05) is 24.5 Å². The highest BCUT2D eigenvalue weighted by Crippen LogP contribution is 2.15. The van der Waals surface area contributed by atoms with E-state index in [9.17, 15) is 4.79 Å². The Hall–Kier alpha value is -1.56. The molecule has 0 atom stereocenters. The second kappa shape index (κ2) is 7.00. The van der Waals surface area contributed by atoms with Gasteiger partial charge in [0.2, 0.25) is 0 Å². The average molecular weight is 266 g/mol. The van der Waals surface area contributed by atoms with E-state index in [-0.39, 0.29) is 5.56 Å². The fraction of sp³-hybridized carbons (Fsp3) is 0.417. The molecule has 0 unspecified atom stereocenters. The summed E-state index contributed by atoms with van der Waals surface area (Å²) in [5.74, 6) is 0.653. The highest BCUT2D eigenvalue weighted by molar-refractivity contribution is 7.99. The van der Waals surface area contributed by atoms with Gasteiger partial charge in [-0.05, 0) is 20.8 Å². The van der Waals surface area contributed by atoms with Gasteiger partial charge in [0.05, 0.1) is 12.2 Å². The molecule has 0 aromatic carbocycles. The topological polar surface area (TPSA) is 61.4 Å². The van der Waals surface area contributed by atoms with E-state index in [2.05, 4.69) is 15.0 Å². The summed E-state index contributed by atoms with van der Waals surface area (Å²) in [6.07, 6.45) is 3.77. The predicted molar refractivity (Wildman–Crippen MR) is 76.0 cm³/mol. The molecule has 0 fully saturated rings. The lowest BCUT2D eigenvalue weighted by molar-refractivity contribution is 0.618. The van der Waals surface area contributed by atoms with E-state index < -0.39 is 0 Å². The number of aromatic nitrogens is 2. The lowest BCUT2D eigenvalue weighted by atomic mass is 10.4. The standard InChI is InChI=1S/C12H18N4OS/c1-5-10(3)16(7-13-4)8-18-12-14-9(2)6-11(17)15-12/h5-7H,8H2,1-4H3,(H,14,15,17)/b10-5-,13-7?. The van der Waals surface area contributed by atoms with Crippen LogP contribution in [-0.4, -0.2) is 34.1 Å². The van der Waals surface area contributed by atoms with Crippen LogP contribution in [0.3, 0.4) is 0 Å². The third-order valence-corrected chi connectivity index (χ3v) is 3.19. The fourth-order valence-corrected chi connectivity index (χ4v) is 2.20. The van der Waals surface area contributed by atoms with Gasteiger partial charge in [-0.1, -0.05) is 17.8 Å². The molecule has 0 spiro atoms. The molecule has 1 aromatic heterocycles. The molecule has 18 heavy (non-hydrogen) atoms. The number of nitrogens with zero attached hydrogens (tertiary/aromatic N) is 3. The summed E-state index contributed by atoms with van der Waals surface area (Å²) in [6.45, 7) is 5.79. The zero-order chi connectivity index (χ0) is 13.5. The molecule has 1 N–H and O–H groups in total. The first-order valence-electron chi connectivity index (χ1n) is 5.59. The predicted octanol–water partition coefficient (Wildman–Crippen LogP) is 2.01. The van der Waals surface area contributed by atoms with Gasteiger partial charge in [-0.2, -0.15) is 0 Å². The van der Waals surface area contributed by atoms with Crippen LogP contribution >= 0.6 is 11.8 Å². The second-order valence-electron chi connectivity index (χ2n) is 3.74. The van der Waals surface area contributed by atoms with E-state index in [4.69, 9.17) is 0 Å². The number of aromatic amines is 1. The van der Waals surface area contributed by atoms with Gasteiger partial charge in [-0.3, -0.25) is 9.79 Å². The maximum atomic E-state index is 11.3. The molecule has 0 aliphatic heterocycles. The maximum Gasteiger partial charge on any atom is 0.251 e. The van der Waals surface area contributed by atoms with Gasteiger partial charge >= 0.3 is 0 Å². The first kappa shape index (κ1) is 14.5. The lowest BCUT2D eigenvalue weighted by Crippen LogP contribution is -2.20. The van der Waals surface area contributed by atoms with Crippen LogP contribution in [0.1, 0.15) is 19.5 Å². The van der Waals surface area contributed by atoms with Crippen molar-refractivity contribution in [1.29, 1.82) is 0 Å². The second-order valence-corrected chi connectivity index (χ2v) is 4.67. The van der Waals surface area contributed by atoms with Gasteiger partial charge in [0.1, 0.15) is 0 Å². The summed E-state index contributed by atoms with van der Waals surface area (Å²) >= 11 is 1.47. The van der Waals surface area contributed by atoms with Gasteiger partial charge in [-0.25, -0.2) is 4.98 Å². The van der Waals surface area contributed by atoms with Crippen LogP contribution in [0.25, 0.3) is 0 Å². The number of thioether (sulfide) groups is 1. The number of hydrogen-bond acceptors (Lipinski definition) is 4. The molecule has 98 valence electrons. The highest BCUT2D eigenvalue weighted by Gasteiger charge is 2.05. The van der Waals surface area contributed by atoms with Crippen LogP contribution in [0.15, 0.2) is 32.8 Å². The number of allylic oxidation sites excluding steroid dienone is 2. The Morgan fingerprint density at radius 2 is 2.39 bits per heavy atom. The minimum absolute atomic E-state index is 0.122. The Morgan fingerprint density at radius 3 is 2.94 bits per heavy atom. The minimum Gasteiger partial charge on any atom is -0.327 e. The number of aryl methyl sites for hydroxylation is 1. The van der Waals surface area contributed by atoms with Crippen molar-refractivity contribution in [2.75, 3.05) is 12.9 Å². The van der Waals surface area contributed by atoms with Crippen LogP contribution in [0.5, 0.6) is 0 Å². The van der Waals surface area contributed by atoms with Gasteiger partial charge in [0.25, 0.3) is 5.56 Å². The minimum atomic E-state index is -0.122. The van der Waals surface area contributed by atoms with Crippen LogP contribution in [0.4, 0.5) is 0 Å². The summed E-state index contributed by atoms with van der Waals surface area (Å²) < 4.78 is 0. The molecular weight excluding hydrogens is 248 g/mol. The molecular formula is C12H18N4OS. The van der Waals surface area contributed by atoms with Crippen molar-refractivity contribution < 1.29 is 0 Å². The zero-order valence-corrected chi connectivity index (χ0v) is 11.9. The molecule has 0 bridgehead atoms. The van der Waals surface area contributed by atoms with Crippen molar-refractivity contribution >= 4 is 18.1 Å². The summed E-state index contributed by atoms with van der Waals surface area (Å²) in [4.78, 5) is 24.3. The van der Waals surface area contributed by atoms with Gasteiger partial charge in [0.15, 0.2) is 5.16 Å². The molecule has 5 nitrogen and oxygen atoms in total. The molecule has 0 amide bonds. The largest absolute Gasteiger partial charge is 0.327 e. The molecule has 0 radical (unpaired) electrons. The Bertz CT molecular complexity index is 507. The molecule has 0 saturated carbocycles. The third kappa shape index (κ3) is 4.37. The van der Waals surface area contributed by atoms with E-state index >= 15 is 0 Å². The Morgan fingerprint density at radius 1 is 1.67 bits per heavy atom. The maximum absolute atomic E-state index is 11.3. The number of nitrogens with one attached hydrogen (secondary N) is 1. The highest BCUT2D eigenvalue weighted by atomic mass is 32.2. The SMILES string of the molecule is C/C=C(/C)N(C=NC)CSc1nc(C)cc(=O)[nH]1. The lowest BCUT2D eigenvalue weighted by Gasteiger charge is -2.18. The average Bonchev–Trinajstić information content (AvgIpc) is 2.32. The quantitative estimate of drug-likeness (QED) is 0.291. The molecule has 1 rings (SSSR count). The molecule has 0 aliphatic rings. The summed E-state index contributed by atoms with van der Waals surface area (Å²) in [6, 6.07) is 1.48. The zero-order valence-electron chi connectivity index (χ0n) is 11.1. The molecule has 0 saturated heterocycles. The summed E-state index contributed by atoms with van der Waals surface area (Å²) in [7, 11) is 1.73. The number of aliphatic imine (C=N–C) groups is 1. The fourth-order valence-electron chi connectivity index (χ4n) is 1.28. The first-order chi connectivity index (χ1) is 8.56. The molecule has 1 heterocycles. The monoisotopic (exact) mass is 266 g/mol. The third-order valence-electron chi connectivity index (χ3n) is 2.31. The van der Waals surface area contributed by atoms with Gasteiger partial charge in [-0.15, -0.1) is 0 Å². The van der Waals surface area contributed by atoms with Crippen molar-refractivity contribution in [2.45, 2.75) is 25.9 Å². The molecule has 1 aromatic rings. The van der Waals surface area contributed by atoms with E-state index in [1.54, 1.807) is 13.4 Å². The van der Waals surface area contributed by atoms with E-state index in [1.807, 2.05) is 31.7 Å². The van der Waals surface area contributed by atoms with Crippen LogP contribution < -0.4 is 5.56 Å². The van der Waals surface area contributed by atoms with Crippen molar-refractivity contribution in [2.24, 2.45) is 4.99 Å². The van der Waals surface area contributed by atoms with Crippen molar-refractivity contribution in [3.05, 3.63) is 33.9 Å². The normalized spacial score (nSPS) is 12.1. The van der Waals surface area contributed by atoms with Crippen molar-refractivity contribution in [3.63, 3.8) is 0 Å². The number of H-pyrrole nitrogens is 1. The summed E-state index contributed by atoms with van der Waals surface area (Å²) in [5.41, 5.74) is 1.70. The Kier molecular flexibility index (Phi) is 5.64. The van der Waals surface area contributed by atoms with Crippen LogP contribution in [0, 0.1) is 6.92 Å². The van der Waals surface area contributed by atoms with Crippen molar-refractivity contribution in [1.82, 2.24) is 14.9 Å². The van der Waals surface area contributed by atoms with Crippen LogP contribution in [0.2, 0.25) is 0 Å². The van der Waals surface area contributed by atoms with Crippen molar-refractivity contribution in [3.8, 4) is 0 Å². The Labute approximate surface area is 111 Å². The van der Waals surface area contributed by atoms with E-state index in [0.29, 0.717) is 11.0 Å². The summed E-state index contributed by atoms with van der Waals surface area (Å²) in [5, 5.41) is 0.624. The first-order valence-corrected chi connectivity index (χ1v) is 6.58. The van der Waals surface area contributed by atoms with Gasteiger partial charge < -0.3 is 9.88 Å². The number of hydrogen-bond donors (Lipinski definition) is 1. The van der Waals surface area contributed by atoms with E-state index in [1.165, 1.54) is 17.8 Å². The van der Waals surface area contributed by atoms with E-state index in [0.717, 1.165) is 11.4 Å². The van der Waals surface area contributed by atoms with Crippen LogP contribution in [-0.2, 0) is 0 Å². The smallest absolute Gasteiger partial charge is 0.251 e.